The Morgan fingerprint density at radius 3 is 1.88 bits per heavy atom. The van der Waals surface area contributed by atoms with E-state index < -0.39 is 8.80 Å². The van der Waals surface area contributed by atoms with Crippen LogP contribution in [0.4, 0.5) is 0 Å². The van der Waals surface area contributed by atoms with E-state index in [0.29, 0.717) is 0 Å². The first-order valence-corrected chi connectivity index (χ1v) is 6.91. The summed E-state index contributed by atoms with van der Waals surface area (Å²) in [7, 11) is 2.54. The van der Waals surface area contributed by atoms with E-state index in [4.69, 9.17) is 13.3 Å². The number of carbonyl (C=O) groups is 1. The third kappa shape index (κ3) is 4.82. The zero-order valence-electron chi connectivity index (χ0n) is 10.8. The maximum absolute atomic E-state index is 9.75. The number of carbonyl (C=O) groups excluding carboxylic acids is 1. The molecule has 0 aromatic heterocycles. The van der Waals surface area contributed by atoms with Gasteiger partial charge in [0.1, 0.15) is 0 Å². The normalized spacial score (nSPS) is 13.8. The summed E-state index contributed by atoms with van der Waals surface area (Å²) in [6.45, 7) is 4.48. The number of hydrogen-bond donors (Lipinski definition) is 0. The van der Waals surface area contributed by atoms with Crippen LogP contribution >= 0.6 is 0 Å². The Bertz CT molecular complexity index is 275. The van der Waals surface area contributed by atoms with Crippen molar-refractivity contribution < 1.29 is 22.8 Å². The first kappa shape index (κ1) is 16.0. The molecule has 5 nitrogen and oxygen atoms in total. The van der Waals surface area contributed by atoms with Crippen LogP contribution in [-0.4, -0.2) is 36.1 Å². The van der Waals surface area contributed by atoms with Crippen molar-refractivity contribution in [2.24, 2.45) is 0 Å². The van der Waals surface area contributed by atoms with Crippen molar-refractivity contribution in [3.63, 3.8) is 0 Å². The van der Waals surface area contributed by atoms with Crippen LogP contribution in [0.15, 0.2) is 24.1 Å². The Balaban J connectivity index is 0.000000366. The third-order valence-corrected chi connectivity index (χ3v) is 5.11. The Morgan fingerprint density at radius 2 is 1.82 bits per heavy atom. The smallest absolute Gasteiger partial charge is 0.435 e. The van der Waals surface area contributed by atoms with E-state index >= 15 is 0 Å². The maximum Gasteiger partial charge on any atom is 0.531 e. The van der Waals surface area contributed by atoms with E-state index in [2.05, 4.69) is 17.4 Å². The fourth-order valence-corrected chi connectivity index (χ4v) is 3.46. The fraction of sp³-hybridized carbons (Fsp3) is 0.545. The summed E-state index contributed by atoms with van der Waals surface area (Å²) < 4.78 is 20.0. The molecular formula is C11H20O5Si. The molecule has 0 amide bonds. The summed E-state index contributed by atoms with van der Waals surface area (Å²) in [5.74, 6) is -0.329. The Labute approximate surface area is 103 Å². The van der Waals surface area contributed by atoms with Crippen LogP contribution in [-0.2, 0) is 22.8 Å². The molecule has 0 fully saturated rings. The Kier molecular flexibility index (Phi) is 7.73. The van der Waals surface area contributed by atoms with Crippen molar-refractivity contribution in [2.75, 3.05) is 21.3 Å². The van der Waals surface area contributed by atoms with Crippen molar-refractivity contribution in [3.05, 3.63) is 24.1 Å². The second-order valence-corrected chi connectivity index (χ2v) is 6.19. The van der Waals surface area contributed by atoms with Crippen LogP contribution in [0.1, 0.15) is 19.8 Å². The molecule has 1 aliphatic carbocycles. The molecule has 0 saturated heterocycles. The van der Waals surface area contributed by atoms with Gasteiger partial charge in [-0.1, -0.05) is 12.7 Å². The largest absolute Gasteiger partial charge is 0.531 e. The predicted molar refractivity (Wildman–Crippen MR) is 66.1 cm³/mol. The number of hydrogen-bond acceptors (Lipinski definition) is 5. The number of esters is 1. The first-order chi connectivity index (χ1) is 8.06. The minimum atomic E-state index is -2.37. The molecule has 0 unspecified atom stereocenters. The van der Waals surface area contributed by atoms with Gasteiger partial charge in [0.25, 0.3) is 0 Å². The number of allylic oxidation sites excluding steroid dienone is 2. The van der Waals surface area contributed by atoms with Gasteiger partial charge >= 0.3 is 14.8 Å². The van der Waals surface area contributed by atoms with Crippen molar-refractivity contribution in [2.45, 2.75) is 19.8 Å². The third-order valence-electron chi connectivity index (χ3n) is 2.25. The molecule has 1 aliphatic rings. The van der Waals surface area contributed by atoms with Crippen molar-refractivity contribution >= 4 is 14.8 Å². The minimum Gasteiger partial charge on any atom is -0.435 e. The zero-order valence-corrected chi connectivity index (χ0v) is 11.8. The summed E-state index contributed by atoms with van der Waals surface area (Å²) >= 11 is 0. The molecular weight excluding hydrogens is 240 g/mol. The molecule has 0 aromatic carbocycles. The lowest BCUT2D eigenvalue weighted by molar-refractivity contribution is -0.135. The van der Waals surface area contributed by atoms with Gasteiger partial charge in [0, 0.05) is 28.3 Å². The van der Waals surface area contributed by atoms with E-state index in [9.17, 15) is 4.79 Å². The minimum absolute atomic E-state index is 0.329. The van der Waals surface area contributed by atoms with Crippen molar-refractivity contribution in [1.82, 2.24) is 0 Å². The van der Waals surface area contributed by atoms with Gasteiger partial charge in [0.15, 0.2) is 0 Å². The molecule has 0 N–H and O–H groups in total. The van der Waals surface area contributed by atoms with E-state index in [1.807, 2.05) is 0 Å². The molecule has 0 atom stereocenters. The van der Waals surface area contributed by atoms with Gasteiger partial charge in [-0.3, -0.25) is 4.79 Å². The van der Waals surface area contributed by atoms with E-state index in [0.717, 1.165) is 19.1 Å². The topological polar surface area (TPSA) is 54.0 Å². The lowest BCUT2D eigenvalue weighted by Gasteiger charge is -2.30. The highest BCUT2D eigenvalue weighted by Crippen LogP contribution is 2.29. The molecule has 0 heterocycles. The van der Waals surface area contributed by atoms with Gasteiger partial charge in [0.05, 0.1) is 6.26 Å². The quantitative estimate of drug-likeness (QED) is 0.429. The van der Waals surface area contributed by atoms with Crippen LogP contribution in [0.3, 0.4) is 0 Å². The standard InChI is InChI=1S/C7H14O3Si.C4H6O2/c1-8-11(9-2,10-3)7-5-4-6-7;1-3-6-4(2)5/h5H,4,6H2,1-3H3;3H,1H2,2H3. The summed E-state index contributed by atoms with van der Waals surface area (Å²) in [6.07, 6.45) is 5.41. The summed E-state index contributed by atoms with van der Waals surface area (Å²) in [5, 5.41) is 1.21. The average molecular weight is 260 g/mol. The van der Waals surface area contributed by atoms with Gasteiger partial charge in [-0.05, 0) is 18.0 Å². The second-order valence-electron chi connectivity index (χ2n) is 3.21. The second kappa shape index (κ2) is 8.18. The molecule has 17 heavy (non-hydrogen) atoms. The summed E-state index contributed by atoms with van der Waals surface area (Å²) in [4.78, 5) is 9.75. The van der Waals surface area contributed by atoms with Gasteiger partial charge in [0.2, 0.25) is 0 Å². The molecule has 0 spiro atoms. The molecule has 0 aromatic rings. The van der Waals surface area contributed by atoms with Crippen molar-refractivity contribution in [3.8, 4) is 0 Å². The van der Waals surface area contributed by atoms with Crippen LogP contribution < -0.4 is 0 Å². The molecule has 0 radical (unpaired) electrons. The van der Waals surface area contributed by atoms with Crippen LogP contribution in [0.5, 0.6) is 0 Å². The average Bonchev–Trinajstić information content (AvgIpc) is 2.24. The Morgan fingerprint density at radius 1 is 1.35 bits per heavy atom. The monoisotopic (exact) mass is 260 g/mol. The van der Waals surface area contributed by atoms with Crippen LogP contribution in [0.25, 0.3) is 0 Å². The van der Waals surface area contributed by atoms with E-state index in [1.54, 1.807) is 21.3 Å². The zero-order chi connectivity index (χ0) is 13.3. The summed E-state index contributed by atoms with van der Waals surface area (Å²) in [6, 6.07) is 0. The van der Waals surface area contributed by atoms with Crippen molar-refractivity contribution in [1.29, 1.82) is 0 Å². The highest BCUT2D eigenvalue weighted by atomic mass is 28.4. The van der Waals surface area contributed by atoms with E-state index in [-0.39, 0.29) is 5.97 Å². The molecule has 0 aliphatic heterocycles. The van der Waals surface area contributed by atoms with Gasteiger partial charge in [-0.15, -0.1) is 0 Å². The highest BCUT2D eigenvalue weighted by molar-refractivity contribution is 6.69. The van der Waals surface area contributed by atoms with Crippen LogP contribution in [0.2, 0.25) is 0 Å². The molecule has 1 rings (SSSR count). The first-order valence-electron chi connectivity index (χ1n) is 5.19. The number of rotatable bonds is 5. The number of ether oxygens (including phenoxy) is 1. The predicted octanol–water partition coefficient (Wildman–Crippen LogP) is 1.82. The highest BCUT2D eigenvalue weighted by Gasteiger charge is 2.44. The van der Waals surface area contributed by atoms with Crippen LogP contribution in [0, 0.1) is 0 Å². The summed E-state index contributed by atoms with van der Waals surface area (Å²) in [5.41, 5.74) is 0. The SMILES string of the molecule is C=COC(C)=O.CO[Si](OC)(OC)C1=CCC1. The fourth-order valence-electron chi connectivity index (χ4n) is 1.33. The lowest BCUT2D eigenvalue weighted by atomic mass is 10.1. The molecule has 0 saturated carbocycles. The molecule has 0 bridgehead atoms. The Hall–Kier alpha value is -0.953. The molecule has 98 valence electrons. The lowest BCUT2D eigenvalue weighted by Crippen LogP contribution is -2.46. The van der Waals surface area contributed by atoms with E-state index in [1.165, 1.54) is 12.1 Å². The van der Waals surface area contributed by atoms with Gasteiger partial charge in [-0.2, -0.15) is 0 Å². The van der Waals surface area contributed by atoms with Gasteiger partial charge < -0.3 is 18.0 Å². The van der Waals surface area contributed by atoms with Gasteiger partial charge in [-0.25, -0.2) is 0 Å². The maximum atomic E-state index is 9.75. The molecule has 6 heteroatoms.